The molecule has 2 nitrogen and oxygen atoms in total. The van der Waals surface area contributed by atoms with Gasteiger partial charge in [-0.3, -0.25) is 0 Å². The Bertz CT molecular complexity index is 657. The van der Waals surface area contributed by atoms with Gasteiger partial charge in [-0.2, -0.15) is 5.26 Å². The quantitative estimate of drug-likeness (QED) is 0.848. The lowest BCUT2D eigenvalue weighted by atomic mass is 10.1. The van der Waals surface area contributed by atoms with E-state index in [9.17, 15) is 4.39 Å². The fourth-order valence-corrected chi connectivity index (χ4v) is 2.43. The van der Waals surface area contributed by atoms with E-state index in [0.29, 0.717) is 11.3 Å². The lowest BCUT2D eigenvalue weighted by Gasteiger charge is -2.18. The SMILES string of the molecule is CC(Nc1c(Cl)cc(F)cc1Cl)c1cccc(C#N)c1. The van der Waals surface area contributed by atoms with Crippen LogP contribution in [0.2, 0.25) is 10.0 Å². The van der Waals surface area contributed by atoms with Gasteiger partial charge in [0.1, 0.15) is 5.82 Å². The summed E-state index contributed by atoms with van der Waals surface area (Å²) >= 11 is 12.0. The molecular formula is C15H11Cl2FN2. The van der Waals surface area contributed by atoms with Crippen molar-refractivity contribution < 1.29 is 4.39 Å². The van der Waals surface area contributed by atoms with Gasteiger partial charge in [0.05, 0.1) is 27.4 Å². The predicted octanol–water partition coefficient (Wildman–Crippen LogP) is 5.18. The first-order valence-corrected chi connectivity index (χ1v) is 6.68. The molecule has 5 heteroatoms. The Morgan fingerprint density at radius 2 is 1.85 bits per heavy atom. The Morgan fingerprint density at radius 1 is 1.20 bits per heavy atom. The summed E-state index contributed by atoms with van der Waals surface area (Å²) in [6.07, 6.45) is 0. The molecule has 2 aromatic carbocycles. The van der Waals surface area contributed by atoms with Crippen molar-refractivity contribution in [3.63, 3.8) is 0 Å². The zero-order chi connectivity index (χ0) is 14.7. The highest BCUT2D eigenvalue weighted by molar-refractivity contribution is 6.39. The number of anilines is 1. The second-order valence-corrected chi connectivity index (χ2v) is 5.16. The Labute approximate surface area is 126 Å². The lowest BCUT2D eigenvalue weighted by molar-refractivity contribution is 0.628. The maximum absolute atomic E-state index is 13.1. The minimum absolute atomic E-state index is 0.122. The summed E-state index contributed by atoms with van der Waals surface area (Å²) in [6, 6.07) is 11.6. The molecule has 20 heavy (non-hydrogen) atoms. The number of hydrogen-bond acceptors (Lipinski definition) is 2. The molecule has 1 atom stereocenters. The molecule has 1 N–H and O–H groups in total. The highest BCUT2D eigenvalue weighted by Crippen LogP contribution is 2.34. The largest absolute Gasteiger partial charge is 0.376 e. The van der Waals surface area contributed by atoms with E-state index in [1.54, 1.807) is 18.2 Å². The number of rotatable bonds is 3. The third kappa shape index (κ3) is 3.22. The third-order valence-electron chi connectivity index (χ3n) is 2.88. The van der Waals surface area contributed by atoms with Gasteiger partial charge < -0.3 is 5.32 Å². The molecule has 0 aliphatic rings. The Kier molecular flexibility index (Phi) is 4.49. The van der Waals surface area contributed by atoms with Gasteiger partial charge in [0, 0.05) is 6.04 Å². The van der Waals surface area contributed by atoms with Crippen LogP contribution in [-0.2, 0) is 0 Å². The Balaban J connectivity index is 2.28. The van der Waals surface area contributed by atoms with Crippen LogP contribution in [0.4, 0.5) is 10.1 Å². The topological polar surface area (TPSA) is 35.8 Å². The van der Waals surface area contributed by atoms with Crippen molar-refractivity contribution in [3.8, 4) is 6.07 Å². The molecule has 0 radical (unpaired) electrons. The monoisotopic (exact) mass is 308 g/mol. The van der Waals surface area contributed by atoms with Crippen molar-refractivity contribution in [2.75, 3.05) is 5.32 Å². The molecule has 1 unspecified atom stereocenters. The number of nitrogens with zero attached hydrogens (tertiary/aromatic N) is 1. The first-order valence-electron chi connectivity index (χ1n) is 5.92. The highest BCUT2D eigenvalue weighted by Gasteiger charge is 2.12. The van der Waals surface area contributed by atoms with Crippen molar-refractivity contribution in [3.05, 3.63) is 63.4 Å². The van der Waals surface area contributed by atoms with Gasteiger partial charge in [-0.05, 0) is 36.8 Å². The maximum atomic E-state index is 13.1. The molecule has 0 aliphatic carbocycles. The van der Waals surface area contributed by atoms with Gasteiger partial charge in [-0.1, -0.05) is 35.3 Å². The molecule has 0 fully saturated rings. The summed E-state index contributed by atoms with van der Waals surface area (Å²) in [6.45, 7) is 1.91. The summed E-state index contributed by atoms with van der Waals surface area (Å²) < 4.78 is 13.1. The first kappa shape index (κ1) is 14.6. The van der Waals surface area contributed by atoms with Crippen LogP contribution in [0.25, 0.3) is 0 Å². The molecule has 0 spiro atoms. The van der Waals surface area contributed by atoms with Gasteiger partial charge in [0.15, 0.2) is 0 Å². The van der Waals surface area contributed by atoms with Gasteiger partial charge in [-0.15, -0.1) is 0 Å². The molecule has 0 saturated carbocycles. The van der Waals surface area contributed by atoms with Crippen molar-refractivity contribution in [2.24, 2.45) is 0 Å². The zero-order valence-electron chi connectivity index (χ0n) is 10.6. The fraction of sp³-hybridized carbons (Fsp3) is 0.133. The van der Waals surface area contributed by atoms with Gasteiger partial charge >= 0.3 is 0 Å². The average molecular weight is 309 g/mol. The summed E-state index contributed by atoms with van der Waals surface area (Å²) in [5.41, 5.74) is 1.97. The van der Waals surface area contributed by atoms with E-state index < -0.39 is 5.82 Å². The third-order valence-corrected chi connectivity index (χ3v) is 3.48. The van der Waals surface area contributed by atoms with Crippen LogP contribution >= 0.6 is 23.2 Å². The molecule has 0 heterocycles. The number of nitrogens with one attached hydrogen (secondary N) is 1. The summed E-state index contributed by atoms with van der Waals surface area (Å²) in [5, 5.41) is 12.5. The fourth-order valence-electron chi connectivity index (χ4n) is 1.86. The predicted molar refractivity (Wildman–Crippen MR) is 79.6 cm³/mol. The summed E-state index contributed by atoms with van der Waals surface area (Å²) in [5.74, 6) is -0.482. The molecule has 0 aliphatic heterocycles. The molecule has 0 saturated heterocycles. The van der Waals surface area contributed by atoms with E-state index in [1.165, 1.54) is 12.1 Å². The molecule has 0 bridgehead atoms. The van der Waals surface area contributed by atoms with Crippen molar-refractivity contribution in [1.82, 2.24) is 0 Å². The van der Waals surface area contributed by atoms with E-state index in [-0.39, 0.29) is 16.1 Å². The van der Waals surface area contributed by atoms with Gasteiger partial charge in [-0.25, -0.2) is 4.39 Å². The lowest BCUT2D eigenvalue weighted by Crippen LogP contribution is -2.08. The van der Waals surface area contributed by atoms with Crippen molar-refractivity contribution in [2.45, 2.75) is 13.0 Å². The van der Waals surface area contributed by atoms with Crippen LogP contribution in [0.5, 0.6) is 0 Å². The van der Waals surface area contributed by atoms with Crippen LogP contribution in [-0.4, -0.2) is 0 Å². The minimum atomic E-state index is -0.482. The average Bonchev–Trinajstić information content (AvgIpc) is 2.42. The first-order chi connectivity index (χ1) is 9.51. The minimum Gasteiger partial charge on any atom is -0.376 e. The number of nitriles is 1. The maximum Gasteiger partial charge on any atom is 0.126 e. The molecule has 2 rings (SSSR count). The summed E-state index contributed by atoms with van der Waals surface area (Å²) in [7, 11) is 0. The molecule has 2 aromatic rings. The van der Waals surface area contributed by atoms with Crippen LogP contribution in [0.3, 0.4) is 0 Å². The highest BCUT2D eigenvalue weighted by atomic mass is 35.5. The Hall–Kier alpha value is -1.76. The van der Waals surface area contributed by atoms with Crippen molar-refractivity contribution >= 4 is 28.9 Å². The Morgan fingerprint density at radius 3 is 2.45 bits per heavy atom. The van der Waals surface area contributed by atoms with E-state index in [0.717, 1.165) is 5.56 Å². The second kappa shape index (κ2) is 6.13. The molecule has 102 valence electrons. The van der Waals surface area contributed by atoms with Crippen LogP contribution in [0.15, 0.2) is 36.4 Å². The number of halogens is 3. The number of hydrogen-bond donors (Lipinski definition) is 1. The van der Waals surface area contributed by atoms with Gasteiger partial charge in [0.25, 0.3) is 0 Å². The van der Waals surface area contributed by atoms with Crippen LogP contribution in [0, 0.1) is 17.1 Å². The smallest absolute Gasteiger partial charge is 0.126 e. The zero-order valence-corrected chi connectivity index (χ0v) is 12.1. The van der Waals surface area contributed by atoms with Crippen LogP contribution in [0.1, 0.15) is 24.1 Å². The standard InChI is InChI=1S/C15H11Cl2FN2/c1-9(11-4-2-3-10(5-11)8-19)20-15-13(16)6-12(18)7-14(15)17/h2-7,9,20H,1H3. The summed E-state index contributed by atoms with van der Waals surface area (Å²) in [4.78, 5) is 0. The van der Waals surface area contributed by atoms with E-state index in [1.807, 2.05) is 13.0 Å². The normalized spacial score (nSPS) is 11.8. The molecule has 0 amide bonds. The van der Waals surface area contributed by atoms with Crippen LogP contribution < -0.4 is 5.32 Å². The second-order valence-electron chi connectivity index (χ2n) is 4.35. The molecule has 0 aromatic heterocycles. The van der Waals surface area contributed by atoms with E-state index in [4.69, 9.17) is 28.5 Å². The van der Waals surface area contributed by atoms with E-state index in [2.05, 4.69) is 11.4 Å². The van der Waals surface area contributed by atoms with Crippen molar-refractivity contribution in [1.29, 1.82) is 5.26 Å². The van der Waals surface area contributed by atoms with E-state index >= 15 is 0 Å². The number of benzene rings is 2. The molecular weight excluding hydrogens is 298 g/mol. The van der Waals surface area contributed by atoms with Gasteiger partial charge in [0.2, 0.25) is 0 Å².